The first kappa shape index (κ1) is 55.5. The Labute approximate surface area is 415 Å². The molecule has 0 atom stereocenters. The Morgan fingerprint density at radius 2 is 0.750 bits per heavy atom. The summed E-state index contributed by atoms with van der Waals surface area (Å²) in [7, 11) is 0. The molecule has 0 fully saturated rings. The van der Waals surface area contributed by atoms with E-state index >= 15 is 0 Å². The highest BCUT2D eigenvalue weighted by atomic mass is 16.4. The molecule has 18 nitrogen and oxygen atoms in total. The molecular formula is C54H57N3O15. The van der Waals surface area contributed by atoms with Crippen LogP contribution in [-0.4, -0.2) is 120 Å². The number of anilines is 3. The molecule has 0 spiro atoms. The van der Waals surface area contributed by atoms with Gasteiger partial charge in [-0.1, -0.05) is 54.6 Å². The van der Waals surface area contributed by atoms with E-state index < -0.39 is 41.0 Å². The molecule has 0 aliphatic rings. The summed E-state index contributed by atoms with van der Waals surface area (Å²) in [4.78, 5) is 77.7. The third-order valence-electron chi connectivity index (χ3n) is 11.5. The van der Waals surface area contributed by atoms with Gasteiger partial charge in [-0.05, 0) is 77.9 Å². The zero-order chi connectivity index (χ0) is 53.6. The molecule has 6 rings (SSSR count). The standard InChI is InChI=1S/3C18H19NO5/c1-3-19(4-2)14-9-11(20)10-15(21)16(14)17(22)12-7-5-6-8-13(12)18(23)24;1-3-19(4-2)14-9-13(15(20)10-16(14)21)17(22)11-7-5-6-8-12(11)18(23)24;1-3-19(4-2)15-14(20)10-9-13(17(15)22)16(21)11-7-5-6-8-12(11)18(23)24/h2*5-10,20-21H,3-4H2,1-2H3,(H,23,24);5-10,20,22H,3-4H2,1-2H3,(H,23,24). The molecule has 6 aromatic rings. The van der Waals surface area contributed by atoms with Crippen molar-refractivity contribution in [2.45, 2.75) is 41.5 Å². The number of carboxylic acids is 3. The first-order valence-electron chi connectivity index (χ1n) is 22.8. The van der Waals surface area contributed by atoms with Gasteiger partial charge in [0.25, 0.3) is 0 Å². The number of phenols is 6. The molecule has 0 bridgehead atoms. The number of phenolic OH excluding ortho intramolecular Hbond substituents is 6. The Hall–Kier alpha value is -9.06. The Kier molecular flexibility index (Phi) is 19.3. The minimum Gasteiger partial charge on any atom is -0.508 e. The summed E-state index contributed by atoms with van der Waals surface area (Å²) in [6, 6.07) is 25.0. The van der Waals surface area contributed by atoms with Crippen molar-refractivity contribution in [3.63, 3.8) is 0 Å². The maximum Gasteiger partial charge on any atom is 0.336 e. The lowest BCUT2D eigenvalue weighted by Crippen LogP contribution is -2.24. The predicted molar refractivity (Wildman–Crippen MR) is 270 cm³/mol. The van der Waals surface area contributed by atoms with Gasteiger partial charge in [0.05, 0.1) is 44.8 Å². The van der Waals surface area contributed by atoms with E-state index in [1.165, 1.54) is 78.9 Å². The van der Waals surface area contributed by atoms with E-state index in [2.05, 4.69) is 0 Å². The molecule has 6 aromatic carbocycles. The van der Waals surface area contributed by atoms with Crippen molar-refractivity contribution in [3.8, 4) is 34.5 Å². The third-order valence-corrected chi connectivity index (χ3v) is 11.5. The second-order valence-electron chi connectivity index (χ2n) is 15.6. The number of aromatic carboxylic acids is 3. The lowest BCUT2D eigenvalue weighted by atomic mass is 9.95. The van der Waals surface area contributed by atoms with Gasteiger partial charge in [-0.2, -0.15) is 0 Å². The van der Waals surface area contributed by atoms with Crippen LogP contribution in [0.5, 0.6) is 34.5 Å². The molecule has 0 unspecified atom stereocenters. The minimum atomic E-state index is -1.22. The van der Waals surface area contributed by atoms with E-state index in [4.69, 9.17) is 0 Å². The largest absolute Gasteiger partial charge is 0.508 e. The van der Waals surface area contributed by atoms with Gasteiger partial charge in [0.2, 0.25) is 0 Å². The molecule has 0 radical (unpaired) electrons. The van der Waals surface area contributed by atoms with E-state index in [0.29, 0.717) is 50.6 Å². The highest BCUT2D eigenvalue weighted by molar-refractivity contribution is 6.19. The van der Waals surface area contributed by atoms with Crippen LogP contribution in [-0.2, 0) is 0 Å². The molecular weight excluding hydrogens is 931 g/mol. The van der Waals surface area contributed by atoms with Gasteiger partial charge in [0.1, 0.15) is 34.4 Å². The first-order chi connectivity index (χ1) is 34.2. The van der Waals surface area contributed by atoms with Crippen LogP contribution in [0.4, 0.5) is 17.1 Å². The van der Waals surface area contributed by atoms with Crippen LogP contribution in [0.1, 0.15) is 120 Å². The van der Waals surface area contributed by atoms with Gasteiger partial charge in [0.15, 0.2) is 23.1 Å². The maximum absolute atomic E-state index is 12.9. The normalized spacial score (nSPS) is 10.4. The van der Waals surface area contributed by atoms with Crippen LogP contribution in [0.25, 0.3) is 0 Å². The van der Waals surface area contributed by atoms with E-state index in [-0.39, 0.29) is 84.5 Å². The quantitative estimate of drug-likeness (QED) is 0.0364. The van der Waals surface area contributed by atoms with Crippen LogP contribution in [0.2, 0.25) is 0 Å². The lowest BCUT2D eigenvalue weighted by molar-refractivity contribution is 0.0683. The van der Waals surface area contributed by atoms with Crippen molar-refractivity contribution in [1.82, 2.24) is 0 Å². The SMILES string of the molecule is CCN(CC)c1c(O)ccc(C(=O)c2ccccc2C(=O)O)c1O.CCN(CC)c1cc(C(=O)c2ccccc2C(=O)O)c(O)cc1O.CCN(CC)c1cc(O)cc(O)c1C(=O)c1ccccc1C(=O)O. The molecule has 378 valence electrons. The number of nitrogens with zero attached hydrogens (tertiary/aromatic N) is 3. The zero-order valence-corrected chi connectivity index (χ0v) is 40.5. The predicted octanol–water partition coefficient (Wildman–Crippen LogP) is 8.62. The Morgan fingerprint density at radius 3 is 1.17 bits per heavy atom. The van der Waals surface area contributed by atoms with Crippen molar-refractivity contribution in [2.75, 3.05) is 54.0 Å². The summed E-state index contributed by atoms with van der Waals surface area (Å²) >= 11 is 0. The molecule has 0 heterocycles. The summed E-state index contributed by atoms with van der Waals surface area (Å²) in [5.74, 6) is -7.08. The topological polar surface area (TPSA) is 294 Å². The number of rotatable bonds is 18. The molecule has 0 aromatic heterocycles. The van der Waals surface area contributed by atoms with E-state index in [0.717, 1.165) is 12.1 Å². The van der Waals surface area contributed by atoms with Gasteiger partial charge in [-0.3, -0.25) is 14.4 Å². The molecule has 0 aliphatic carbocycles. The Balaban J connectivity index is 0.000000234. The molecule has 0 aliphatic heterocycles. The fraction of sp³-hybridized carbons (Fsp3) is 0.222. The smallest absolute Gasteiger partial charge is 0.336 e. The summed E-state index contributed by atoms with van der Waals surface area (Å²) in [6.07, 6.45) is 0. The van der Waals surface area contributed by atoms with E-state index in [1.807, 2.05) is 46.4 Å². The molecule has 72 heavy (non-hydrogen) atoms. The fourth-order valence-electron chi connectivity index (χ4n) is 7.84. The third kappa shape index (κ3) is 12.4. The van der Waals surface area contributed by atoms with Crippen LogP contribution in [0.3, 0.4) is 0 Å². The summed E-state index contributed by atoms with van der Waals surface area (Å²) < 4.78 is 0. The fourth-order valence-corrected chi connectivity index (χ4v) is 7.84. The summed E-state index contributed by atoms with van der Waals surface area (Å²) in [5, 5.41) is 88.3. The highest BCUT2D eigenvalue weighted by Crippen LogP contribution is 2.41. The van der Waals surface area contributed by atoms with Gasteiger partial charge in [-0.15, -0.1) is 0 Å². The lowest BCUT2D eigenvalue weighted by Gasteiger charge is -2.24. The number of hydrogen-bond donors (Lipinski definition) is 9. The molecule has 0 amide bonds. The van der Waals surface area contributed by atoms with Gasteiger partial charge in [-0.25, -0.2) is 14.4 Å². The van der Waals surface area contributed by atoms with Crippen molar-refractivity contribution < 1.29 is 74.7 Å². The molecule has 0 saturated carbocycles. The minimum absolute atomic E-state index is 0.0144. The Bertz CT molecular complexity index is 2910. The van der Waals surface area contributed by atoms with Crippen LogP contribution < -0.4 is 14.7 Å². The molecule has 0 saturated heterocycles. The number of hydrogen-bond acceptors (Lipinski definition) is 15. The second kappa shape index (κ2) is 25.0. The van der Waals surface area contributed by atoms with Gasteiger partial charge in [0, 0.05) is 74.2 Å². The number of carboxylic acid groups (broad SMARTS) is 3. The van der Waals surface area contributed by atoms with Crippen molar-refractivity contribution >= 4 is 52.3 Å². The maximum atomic E-state index is 12.9. The number of benzene rings is 6. The summed E-state index contributed by atoms with van der Waals surface area (Å²) in [5.41, 5.74) is 0.346. The van der Waals surface area contributed by atoms with Crippen molar-refractivity contribution in [3.05, 3.63) is 159 Å². The number of carbonyl (C=O) groups excluding carboxylic acids is 3. The highest BCUT2D eigenvalue weighted by Gasteiger charge is 2.27. The monoisotopic (exact) mass is 987 g/mol. The molecule has 9 N–H and O–H groups in total. The van der Waals surface area contributed by atoms with E-state index in [9.17, 15) is 74.7 Å². The average molecular weight is 988 g/mol. The number of aromatic hydroxyl groups is 6. The Morgan fingerprint density at radius 1 is 0.361 bits per heavy atom. The van der Waals surface area contributed by atoms with Crippen LogP contribution >= 0.6 is 0 Å². The van der Waals surface area contributed by atoms with Crippen molar-refractivity contribution in [2.24, 2.45) is 0 Å². The number of carbonyl (C=O) groups is 6. The second-order valence-corrected chi connectivity index (χ2v) is 15.6. The van der Waals surface area contributed by atoms with E-state index in [1.54, 1.807) is 28.0 Å². The summed E-state index contributed by atoms with van der Waals surface area (Å²) in [6.45, 7) is 14.7. The average Bonchev–Trinajstić information content (AvgIpc) is 3.36. The van der Waals surface area contributed by atoms with Crippen molar-refractivity contribution in [1.29, 1.82) is 0 Å². The van der Waals surface area contributed by atoms with Crippen LogP contribution in [0.15, 0.2) is 109 Å². The molecule has 18 heteroatoms. The zero-order valence-electron chi connectivity index (χ0n) is 40.5. The number of ketones is 3. The van der Waals surface area contributed by atoms with Gasteiger partial charge < -0.3 is 60.7 Å². The van der Waals surface area contributed by atoms with Gasteiger partial charge >= 0.3 is 17.9 Å². The van der Waals surface area contributed by atoms with Crippen LogP contribution in [0, 0.1) is 0 Å². The first-order valence-corrected chi connectivity index (χ1v) is 22.8.